The molecule has 5 nitrogen and oxygen atoms in total. The number of hydrogen-bond donors (Lipinski definition) is 1. The van der Waals surface area contributed by atoms with Crippen molar-refractivity contribution in [1.82, 2.24) is 9.78 Å². The normalized spacial score (nSPS) is 10.3. The Bertz CT molecular complexity index is 581. The molecule has 2 N–H and O–H groups in total. The quantitative estimate of drug-likeness (QED) is 0.932. The average Bonchev–Trinajstić information content (AvgIpc) is 2.34. The SMILES string of the molecule is Nc1cnn(CCOc2ccc(Br)cc2)c(=O)c1. The molecule has 0 saturated carbocycles. The predicted molar refractivity (Wildman–Crippen MR) is 72.5 cm³/mol. The summed E-state index contributed by atoms with van der Waals surface area (Å²) < 4.78 is 7.80. The average molecular weight is 310 g/mol. The Labute approximate surface area is 112 Å². The van der Waals surface area contributed by atoms with Crippen molar-refractivity contribution in [3.63, 3.8) is 0 Å². The first kappa shape index (κ1) is 12.6. The fourth-order valence-corrected chi connectivity index (χ4v) is 1.66. The highest BCUT2D eigenvalue weighted by Crippen LogP contribution is 2.15. The molecule has 0 aliphatic heterocycles. The number of hydrogen-bond acceptors (Lipinski definition) is 4. The third-order valence-corrected chi connectivity index (χ3v) is 2.80. The number of anilines is 1. The predicted octanol–water partition coefficient (Wildman–Crippen LogP) is 1.67. The molecule has 0 bridgehead atoms. The summed E-state index contributed by atoms with van der Waals surface area (Å²) in [5, 5.41) is 3.91. The zero-order valence-electron chi connectivity index (χ0n) is 9.54. The van der Waals surface area contributed by atoms with Crippen molar-refractivity contribution in [3.05, 3.63) is 51.4 Å². The molecule has 0 amide bonds. The standard InChI is InChI=1S/C12H12BrN3O2/c13-9-1-3-11(4-2-9)18-6-5-16-12(17)7-10(14)8-15-16/h1-4,7-8H,5-6,14H2. The molecule has 0 atom stereocenters. The van der Waals surface area contributed by atoms with E-state index in [1.165, 1.54) is 16.9 Å². The van der Waals surface area contributed by atoms with Crippen LogP contribution in [-0.2, 0) is 6.54 Å². The summed E-state index contributed by atoms with van der Waals surface area (Å²) in [6.07, 6.45) is 1.45. The second-order valence-corrected chi connectivity index (χ2v) is 4.57. The fraction of sp³-hybridized carbons (Fsp3) is 0.167. The second kappa shape index (κ2) is 5.68. The van der Waals surface area contributed by atoms with E-state index in [0.29, 0.717) is 18.8 Å². The number of aromatic nitrogens is 2. The summed E-state index contributed by atoms with van der Waals surface area (Å²) in [5.41, 5.74) is 5.59. The van der Waals surface area contributed by atoms with Gasteiger partial charge in [-0.05, 0) is 24.3 Å². The van der Waals surface area contributed by atoms with Gasteiger partial charge in [-0.15, -0.1) is 0 Å². The Morgan fingerprint density at radius 2 is 2.06 bits per heavy atom. The number of halogens is 1. The Balaban J connectivity index is 1.92. The zero-order valence-corrected chi connectivity index (χ0v) is 11.1. The third kappa shape index (κ3) is 3.33. The molecule has 0 fully saturated rings. The topological polar surface area (TPSA) is 70.1 Å². The van der Waals surface area contributed by atoms with E-state index in [1.807, 2.05) is 24.3 Å². The van der Waals surface area contributed by atoms with Crippen LogP contribution >= 0.6 is 15.9 Å². The maximum Gasteiger partial charge on any atom is 0.268 e. The second-order valence-electron chi connectivity index (χ2n) is 3.65. The number of benzene rings is 1. The van der Waals surface area contributed by atoms with Crippen LogP contribution in [0.15, 0.2) is 45.8 Å². The lowest BCUT2D eigenvalue weighted by atomic mass is 10.3. The van der Waals surface area contributed by atoms with Gasteiger partial charge in [-0.2, -0.15) is 5.10 Å². The summed E-state index contributed by atoms with van der Waals surface area (Å²) >= 11 is 3.34. The molecule has 18 heavy (non-hydrogen) atoms. The monoisotopic (exact) mass is 309 g/mol. The van der Waals surface area contributed by atoms with Crippen LogP contribution in [0.4, 0.5) is 5.69 Å². The van der Waals surface area contributed by atoms with Crippen molar-refractivity contribution in [3.8, 4) is 5.75 Å². The van der Waals surface area contributed by atoms with E-state index in [1.54, 1.807) is 0 Å². The van der Waals surface area contributed by atoms with E-state index < -0.39 is 0 Å². The van der Waals surface area contributed by atoms with Crippen molar-refractivity contribution >= 4 is 21.6 Å². The minimum absolute atomic E-state index is 0.227. The molecule has 1 heterocycles. The van der Waals surface area contributed by atoms with Crippen molar-refractivity contribution < 1.29 is 4.74 Å². The Kier molecular flexibility index (Phi) is 3.99. The lowest BCUT2D eigenvalue weighted by Crippen LogP contribution is -2.25. The summed E-state index contributed by atoms with van der Waals surface area (Å²) in [4.78, 5) is 11.5. The van der Waals surface area contributed by atoms with Crippen LogP contribution in [0.2, 0.25) is 0 Å². The summed E-state index contributed by atoms with van der Waals surface area (Å²) in [7, 11) is 0. The Morgan fingerprint density at radius 3 is 2.72 bits per heavy atom. The highest BCUT2D eigenvalue weighted by Gasteiger charge is 1.99. The maximum atomic E-state index is 11.5. The molecule has 1 aromatic heterocycles. The number of ether oxygens (including phenoxy) is 1. The van der Waals surface area contributed by atoms with Crippen molar-refractivity contribution in [2.45, 2.75) is 6.54 Å². The van der Waals surface area contributed by atoms with Crippen LogP contribution in [0, 0.1) is 0 Å². The third-order valence-electron chi connectivity index (χ3n) is 2.28. The highest BCUT2D eigenvalue weighted by molar-refractivity contribution is 9.10. The molecule has 2 rings (SSSR count). The van der Waals surface area contributed by atoms with E-state index in [9.17, 15) is 4.79 Å². The molecule has 0 aliphatic rings. The largest absolute Gasteiger partial charge is 0.492 e. The smallest absolute Gasteiger partial charge is 0.268 e. The molecule has 94 valence electrons. The summed E-state index contributed by atoms with van der Waals surface area (Å²) in [6.45, 7) is 0.758. The molecule has 6 heteroatoms. The fourth-order valence-electron chi connectivity index (χ4n) is 1.40. The van der Waals surface area contributed by atoms with Gasteiger partial charge in [0.05, 0.1) is 18.4 Å². The summed E-state index contributed by atoms with van der Waals surface area (Å²) in [5.74, 6) is 0.752. The van der Waals surface area contributed by atoms with Gasteiger partial charge in [-0.25, -0.2) is 4.68 Å². The Hall–Kier alpha value is -1.82. The molecular weight excluding hydrogens is 298 g/mol. The van der Waals surface area contributed by atoms with Crippen LogP contribution in [0.5, 0.6) is 5.75 Å². The van der Waals surface area contributed by atoms with E-state index in [4.69, 9.17) is 10.5 Å². The van der Waals surface area contributed by atoms with Crippen molar-refractivity contribution in [1.29, 1.82) is 0 Å². The van der Waals surface area contributed by atoms with Gasteiger partial charge in [0.1, 0.15) is 12.4 Å². The van der Waals surface area contributed by atoms with Gasteiger partial charge in [0.25, 0.3) is 5.56 Å². The van der Waals surface area contributed by atoms with Crippen molar-refractivity contribution in [2.75, 3.05) is 12.3 Å². The number of nitrogens with two attached hydrogens (primary N) is 1. The molecule has 1 aromatic carbocycles. The van der Waals surface area contributed by atoms with Gasteiger partial charge in [-0.1, -0.05) is 15.9 Å². The van der Waals surface area contributed by atoms with Crippen molar-refractivity contribution in [2.24, 2.45) is 0 Å². The molecule has 0 saturated heterocycles. The van der Waals surface area contributed by atoms with Crippen LogP contribution < -0.4 is 16.0 Å². The van der Waals surface area contributed by atoms with E-state index in [-0.39, 0.29) is 5.56 Å². The molecule has 2 aromatic rings. The number of nitrogens with zero attached hydrogens (tertiary/aromatic N) is 2. The first-order chi connectivity index (χ1) is 8.65. The number of rotatable bonds is 4. The van der Waals surface area contributed by atoms with Gasteiger partial charge >= 0.3 is 0 Å². The zero-order chi connectivity index (χ0) is 13.0. The first-order valence-electron chi connectivity index (χ1n) is 5.36. The van der Waals surface area contributed by atoms with Crippen LogP contribution in [-0.4, -0.2) is 16.4 Å². The molecule has 0 unspecified atom stereocenters. The van der Waals surface area contributed by atoms with E-state index in [0.717, 1.165) is 10.2 Å². The molecule has 0 spiro atoms. The van der Waals surface area contributed by atoms with Gasteiger partial charge in [-0.3, -0.25) is 4.79 Å². The van der Waals surface area contributed by atoms with Crippen LogP contribution in [0.3, 0.4) is 0 Å². The molecule has 0 radical (unpaired) electrons. The Morgan fingerprint density at radius 1 is 1.33 bits per heavy atom. The maximum absolute atomic E-state index is 11.5. The first-order valence-corrected chi connectivity index (χ1v) is 6.15. The molecule has 0 aliphatic carbocycles. The van der Waals surface area contributed by atoms with Gasteiger partial charge in [0.15, 0.2) is 0 Å². The van der Waals surface area contributed by atoms with E-state index in [2.05, 4.69) is 21.0 Å². The lowest BCUT2D eigenvalue weighted by molar-refractivity contribution is 0.288. The van der Waals surface area contributed by atoms with Gasteiger partial charge in [0.2, 0.25) is 0 Å². The summed E-state index contributed by atoms with van der Waals surface area (Å²) in [6, 6.07) is 8.82. The van der Waals surface area contributed by atoms with E-state index >= 15 is 0 Å². The lowest BCUT2D eigenvalue weighted by Gasteiger charge is -2.07. The molecular formula is C12H12BrN3O2. The highest BCUT2D eigenvalue weighted by atomic mass is 79.9. The van der Waals surface area contributed by atoms with Crippen LogP contribution in [0.25, 0.3) is 0 Å². The minimum atomic E-state index is -0.227. The number of nitrogen functional groups attached to an aromatic ring is 1. The van der Waals surface area contributed by atoms with Gasteiger partial charge in [0, 0.05) is 10.5 Å². The van der Waals surface area contributed by atoms with Crippen LogP contribution in [0.1, 0.15) is 0 Å². The minimum Gasteiger partial charge on any atom is -0.492 e. The van der Waals surface area contributed by atoms with Gasteiger partial charge < -0.3 is 10.5 Å².